The number of imidazole rings is 1. The molecule has 0 unspecified atom stereocenters. The Labute approximate surface area is 172 Å². The second-order valence-corrected chi connectivity index (χ2v) is 8.19. The summed E-state index contributed by atoms with van der Waals surface area (Å²) in [4.78, 5) is 11.3. The minimum atomic E-state index is -4.53. The maximum absolute atomic E-state index is 14.5. The van der Waals surface area contributed by atoms with E-state index in [9.17, 15) is 17.6 Å². The van der Waals surface area contributed by atoms with Crippen molar-refractivity contribution in [3.8, 4) is 0 Å². The number of benzene rings is 1. The first-order valence-electron chi connectivity index (χ1n) is 10.0. The lowest BCUT2D eigenvalue weighted by atomic mass is 9.81. The lowest BCUT2D eigenvalue weighted by molar-refractivity contribution is -0.137. The van der Waals surface area contributed by atoms with Gasteiger partial charge in [0.25, 0.3) is 0 Å². The molecule has 160 valence electrons. The molecule has 0 amide bonds. The molecule has 3 aromatic rings. The molecule has 8 heteroatoms. The van der Waals surface area contributed by atoms with Gasteiger partial charge in [0, 0.05) is 19.8 Å². The van der Waals surface area contributed by atoms with E-state index < -0.39 is 17.6 Å². The average molecular weight is 420 g/mol. The first-order chi connectivity index (χ1) is 14.1. The van der Waals surface area contributed by atoms with Crippen LogP contribution >= 0.6 is 0 Å². The summed E-state index contributed by atoms with van der Waals surface area (Å²) < 4.78 is 55.0. The van der Waals surface area contributed by atoms with Crippen molar-refractivity contribution in [2.24, 2.45) is 13.0 Å². The Morgan fingerprint density at radius 2 is 1.97 bits per heavy atom. The standard InChI is InChI=1S/C22H24F4N4/c1-13-11-30(12-20-28-21-14(2)27-8-6-19(21)29(20)3)9-7-16(13)17-5-4-15(10-18(17)23)22(24,25)26/h4-6,8,10,13,16H,7,9,11-12H2,1-3H3/t13-,16+/m1/s1. The Kier molecular flexibility index (Phi) is 5.30. The van der Waals surface area contributed by atoms with Gasteiger partial charge in [-0.3, -0.25) is 9.88 Å². The van der Waals surface area contributed by atoms with Crippen molar-refractivity contribution in [1.82, 2.24) is 19.4 Å². The van der Waals surface area contributed by atoms with Crippen LogP contribution in [0.3, 0.4) is 0 Å². The van der Waals surface area contributed by atoms with Gasteiger partial charge in [0.15, 0.2) is 0 Å². The van der Waals surface area contributed by atoms with Gasteiger partial charge in [0.2, 0.25) is 0 Å². The maximum Gasteiger partial charge on any atom is 0.416 e. The van der Waals surface area contributed by atoms with E-state index in [2.05, 4.69) is 14.5 Å². The number of piperidine rings is 1. The zero-order valence-corrected chi connectivity index (χ0v) is 17.2. The summed E-state index contributed by atoms with van der Waals surface area (Å²) in [6.45, 7) is 6.08. The summed E-state index contributed by atoms with van der Waals surface area (Å²) >= 11 is 0. The van der Waals surface area contributed by atoms with Crippen LogP contribution < -0.4 is 0 Å². The number of hydrogen-bond acceptors (Lipinski definition) is 3. The molecule has 3 heterocycles. The van der Waals surface area contributed by atoms with Crippen molar-refractivity contribution in [2.45, 2.75) is 38.9 Å². The van der Waals surface area contributed by atoms with Crippen LogP contribution in [-0.2, 0) is 19.8 Å². The molecule has 0 spiro atoms. The fourth-order valence-electron chi connectivity index (χ4n) is 4.48. The predicted molar refractivity (Wildman–Crippen MR) is 106 cm³/mol. The fraction of sp³-hybridized carbons (Fsp3) is 0.455. The van der Waals surface area contributed by atoms with E-state index in [1.54, 1.807) is 6.20 Å². The van der Waals surface area contributed by atoms with Crippen LogP contribution in [0, 0.1) is 18.7 Å². The van der Waals surface area contributed by atoms with Gasteiger partial charge in [-0.1, -0.05) is 13.0 Å². The topological polar surface area (TPSA) is 34.0 Å². The highest BCUT2D eigenvalue weighted by molar-refractivity contribution is 5.77. The van der Waals surface area contributed by atoms with E-state index in [-0.39, 0.29) is 11.8 Å². The lowest BCUT2D eigenvalue weighted by Crippen LogP contribution is -2.38. The molecule has 1 aliphatic rings. The molecule has 1 aliphatic heterocycles. The molecule has 0 aliphatic carbocycles. The van der Waals surface area contributed by atoms with Gasteiger partial charge < -0.3 is 4.57 Å². The van der Waals surface area contributed by atoms with Gasteiger partial charge in [0.1, 0.15) is 17.2 Å². The van der Waals surface area contributed by atoms with E-state index in [1.165, 1.54) is 6.07 Å². The smallest absolute Gasteiger partial charge is 0.330 e. The Morgan fingerprint density at radius 1 is 1.20 bits per heavy atom. The Morgan fingerprint density at radius 3 is 2.60 bits per heavy atom. The molecule has 4 rings (SSSR count). The molecule has 0 bridgehead atoms. The molecule has 1 aromatic carbocycles. The first-order valence-corrected chi connectivity index (χ1v) is 10.0. The van der Waals surface area contributed by atoms with Gasteiger partial charge in [-0.2, -0.15) is 13.2 Å². The van der Waals surface area contributed by atoms with Gasteiger partial charge in [-0.15, -0.1) is 0 Å². The molecular formula is C22H24F4N4. The van der Waals surface area contributed by atoms with E-state index in [0.717, 1.165) is 41.7 Å². The minimum Gasteiger partial charge on any atom is -0.330 e. The summed E-state index contributed by atoms with van der Waals surface area (Å²) in [6.07, 6.45) is -2.07. The molecule has 1 saturated heterocycles. The van der Waals surface area contributed by atoms with Crippen molar-refractivity contribution >= 4 is 11.0 Å². The Bertz CT molecular complexity index is 1070. The van der Waals surface area contributed by atoms with Crippen LogP contribution in [0.25, 0.3) is 11.0 Å². The molecule has 0 saturated carbocycles. The normalized spacial score (nSPS) is 20.8. The second-order valence-electron chi connectivity index (χ2n) is 8.19. The van der Waals surface area contributed by atoms with Crippen LogP contribution in [0.4, 0.5) is 17.6 Å². The highest BCUT2D eigenvalue weighted by Gasteiger charge is 2.34. The zero-order chi connectivity index (χ0) is 21.6. The largest absolute Gasteiger partial charge is 0.416 e. The number of nitrogens with zero attached hydrogens (tertiary/aromatic N) is 4. The molecule has 4 nitrogen and oxygen atoms in total. The summed E-state index contributed by atoms with van der Waals surface area (Å²) in [5.41, 5.74) is 2.25. The number of fused-ring (bicyclic) bond motifs is 1. The van der Waals surface area contributed by atoms with E-state index in [0.29, 0.717) is 24.6 Å². The Hall–Kier alpha value is -2.48. The third-order valence-corrected chi connectivity index (χ3v) is 6.16. The molecule has 1 fully saturated rings. The summed E-state index contributed by atoms with van der Waals surface area (Å²) in [7, 11) is 1.98. The van der Waals surface area contributed by atoms with Gasteiger partial charge in [0.05, 0.1) is 23.3 Å². The quantitative estimate of drug-likeness (QED) is 0.556. The fourth-order valence-corrected chi connectivity index (χ4v) is 4.48. The number of hydrogen-bond donors (Lipinski definition) is 0. The second kappa shape index (κ2) is 7.65. The van der Waals surface area contributed by atoms with Gasteiger partial charge in [-0.25, -0.2) is 9.37 Å². The third-order valence-electron chi connectivity index (χ3n) is 6.16. The molecule has 0 radical (unpaired) electrons. The van der Waals surface area contributed by atoms with E-state index in [4.69, 9.17) is 4.98 Å². The highest BCUT2D eigenvalue weighted by atomic mass is 19.4. The molecule has 0 N–H and O–H groups in total. The molecule has 2 aromatic heterocycles. The van der Waals surface area contributed by atoms with Crippen LogP contribution in [0.15, 0.2) is 30.5 Å². The lowest BCUT2D eigenvalue weighted by Gasteiger charge is -2.37. The number of likely N-dealkylation sites (tertiary alicyclic amines) is 1. The maximum atomic E-state index is 14.5. The monoisotopic (exact) mass is 420 g/mol. The summed E-state index contributed by atoms with van der Waals surface area (Å²) in [5.74, 6) is 0.180. The van der Waals surface area contributed by atoms with Crippen molar-refractivity contribution < 1.29 is 17.6 Å². The average Bonchev–Trinajstić information content (AvgIpc) is 2.99. The van der Waals surface area contributed by atoms with E-state index in [1.807, 2.05) is 27.0 Å². The summed E-state index contributed by atoms with van der Waals surface area (Å²) in [6, 6.07) is 4.84. The van der Waals surface area contributed by atoms with Crippen molar-refractivity contribution in [3.05, 3.63) is 58.9 Å². The number of aromatic nitrogens is 3. The minimum absolute atomic E-state index is 0.101. The molecule has 30 heavy (non-hydrogen) atoms. The van der Waals surface area contributed by atoms with E-state index >= 15 is 0 Å². The zero-order valence-electron chi connectivity index (χ0n) is 17.2. The Balaban J connectivity index is 1.49. The van der Waals surface area contributed by atoms with Gasteiger partial charge >= 0.3 is 6.18 Å². The summed E-state index contributed by atoms with van der Waals surface area (Å²) in [5, 5.41) is 0. The number of alkyl halides is 3. The number of pyridine rings is 1. The SMILES string of the molecule is Cc1nccc2c1nc(CN1CC[C@H](c3ccc(C(F)(F)F)cc3F)[C@H](C)C1)n2C. The predicted octanol–water partition coefficient (Wildman–Crippen LogP) is 5.06. The number of halogens is 4. The van der Waals surface area contributed by atoms with Crippen LogP contribution in [0.1, 0.15) is 41.9 Å². The number of rotatable bonds is 3. The van der Waals surface area contributed by atoms with Crippen molar-refractivity contribution in [2.75, 3.05) is 13.1 Å². The van der Waals surface area contributed by atoms with Crippen LogP contribution in [0.5, 0.6) is 0 Å². The van der Waals surface area contributed by atoms with Crippen LogP contribution in [-0.4, -0.2) is 32.5 Å². The van der Waals surface area contributed by atoms with Crippen molar-refractivity contribution in [3.63, 3.8) is 0 Å². The molecule has 2 atom stereocenters. The van der Waals surface area contributed by atoms with Crippen LogP contribution in [0.2, 0.25) is 0 Å². The highest BCUT2D eigenvalue weighted by Crippen LogP contribution is 2.37. The number of aryl methyl sites for hydroxylation is 2. The van der Waals surface area contributed by atoms with Gasteiger partial charge in [-0.05, 0) is 55.5 Å². The third kappa shape index (κ3) is 3.80. The molecular weight excluding hydrogens is 396 g/mol. The van der Waals surface area contributed by atoms with Crippen molar-refractivity contribution in [1.29, 1.82) is 0 Å². The first kappa shape index (κ1) is 20.8.